The summed E-state index contributed by atoms with van der Waals surface area (Å²) in [6.07, 6.45) is 0.962. The Morgan fingerprint density at radius 2 is 2.07 bits per heavy atom. The van der Waals surface area contributed by atoms with Crippen molar-refractivity contribution in [2.75, 3.05) is 18.5 Å². The Kier molecular flexibility index (Phi) is 5.31. The van der Waals surface area contributed by atoms with Gasteiger partial charge in [0.25, 0.3) is 0 Å². The van der Waals surface area contributed by atoms with Crippen molar-refractivity contribution >= 4 is 34.1 Å². The number of cyclic esters (lactones) is 2. The second-order valence-corrected chi connectivity index (χ2v) is 8.57. The molecule has 154 valence electrons. The summed E-state index contributed by atoms with van der Waals surface area (Å²) in [7, 11) is 0. The molecule has 2 aromatic rings. The number of benzene rings is 1. The number of anilines is 2. The van der Waals surface area contributed by atoms with Gasteiger partial charge in [-0.3, -0.25) is 9.59 Å². The van der Waals surface area contributed by atoms with Gasteiger partial charge in [-0.05, 0) is 25.5 Å². The molecule has 2 fully saturated rings. The minimum absolute atomic E-state index is 0.219. The van der Waals surface area contributed by atoms with Gasteiger partial charge in [-0.15, -0.1) is 11.3 Å². The van der Waals surface area contributed by atoms with Gasteiger partial charge in [0.1, 0.15) is 6.10 Å². The third kappa shape index (κ3) is 3.74. The van der Waals surface area contributed by atoms with Gasteiger partial charge in [0.2, 0.25) is 0 Å². The molecule has 2 aliphatic heterocycles. The molecule has 0 saturated carbocycles. The third-order valence-corrected chi connectivity index (χ3v) is 6.07. The van der Waals surface area contributed by atoms with Crippen LogP contribution in [0.1, 0.15) is 38.8 Å². The number of carbonyl (C=O) groups excluding carboxylic acids is 2. The number of ether oxygens (including phenoxy) is 3. The predicted molar refractivity (Wildman–Crippen MR) is 108 cm³/mol. The molecule has 1 aromatic heterocycles. The Morgan fingerprint density at radius 3 is 2.83 bits per heavy atom. The van der Waals surface area contributed by atoms with Crippen LogP contribution in [-0.4, -0.2) is 36.2 Å². The zero-order valence-corrected chi connectivity index (χ0v) is 17.3. The smallest absolute Gasteiger partial charge is 0.324 e. The molecular formula is C21H24N2O5S. The molecule has 8 heteroatoms. The van der Waals surface area contributed by atoms with E-state index in [9.17, 15) is 9.59 Å². The Morgan fingerprint density at radius 1 is 1.28 bits per heavy atom. The number of rotatable bonds is 7. The molecule has 1 aromatic carbocycles. The lowest BCUT2D eigenvalue weighted by Gasteiger charge is -2.20. The van der Waals surface area contributed by atoms with Crippen LogP contribution < -0.4 is 5.32 Å². The SMILES string of the molecule is CCCOC[C@H]1C[C@@]2(C[C@@](C)(c3csc(Nc4ccccc4)n3)OC2=O)C(=O)O1. The van der Waals surface area contributed by atoms with Gasteiger partial charge in [0, 0.05) is 30.5 Å². The summed E-state index contributed by atoms with van der Waals surface area (Å²) in [4.78, 5) is 30.0. The highest BCUT2D eigenvalue weighted by Gasteiger charge is 2.65. The number of nitrogens with one attached hydrogen (secondary N) is 1. The van der Waals surface area contributed by atoms with Crippen molar-refractivity contribution in [2.45, 2.75) is 44.8 Å². The van der Waals surface area contributed by atoms with Crippen molar-refractivity contribution < 1.29 is 23.8 Å². The molecule has 2 aliphatic rings. The Hall–Kier alpha value is -2.45. The van der Waals surface area contributed by atoms with Crippen LogP contribution in [0.15, 0.2) is 35.7 Å². The zero-order chi connectivity index (χ0) is 20.5. The molecule has 4 rings (SSSR count). The summed E-state index contributed by atoms with van der Waals surface area (Å²) in [5, 5.41) is 5.80. The molecule has 1 N–H and O–H groups in total. The largest absolute Gasteiger partial charge is 0.459 e. The van der Waals surface area contributed by atoms with Gasteiger partial charge in [-0.2, -0.15) is 0 Å². The van der Waals surface area contributed by atoms with Gasteiger partial charge in [-0.1, -0.05) is 25.1 Å². The molecule has 0 unspecified atom stereocenters. The number of hydrogen-bond donors (Lipinski definition) is 1. The number of para-hydroxylation sites is 1. The maximum atomic E-state index is 12.8. The fraction of sp³-hybridized carbons (Fsp3) is 0.476. The van der Waals surface area contributed by atoms with Crippen LogP contribution in [0.5, 0.6) is 0 Å². The van der Waals surface area contributed by atoms with Crippen LogP contribution in [0.25, 0.3) is 0 Å². The predicted octanol–water partition coefficient (Wildman–Crippen LogP) is 3.78. The van der Waals surface area contributed by atoms with Crippen LogP contribution in [0.4, 0.5) is 10.8 Å². The normalized spacial score (nSPS) is 28.6. The molecule has 3 heterocycles. The van der Waals surface area contributed by atoms with Crippen LogP contribution in [-0.2, 0) is 29.4 Å². The van der Waals surface area contributed by atoms with E-state index in [0.29, 0.717) is 24.0 Å². The summed E-state index contributed by atoms with van der Waals surface area (Å²) >= 11 is 1.43. The summed E-state index contributed by atoms with van der Waals surface area (Å²) in [6, 6.07) is 9.71. The fourth-order valence-corrected chi connectivity index (χ4v) is 4.74. The number of esters is 2. The second-order valence-electron chi connectivity index (χ2n) is 7.71. The highest BCUT2D eigenvalue weighted by Crippen LogP contribution is 2.52. The van der Waals surface area contributed by atoms with Gasteiger partial charge >= 0.3 is 11.9 Å². The summed E-state index contributed by atoms with van der Waals surface area (Å²) in [6.45, 7) is 4.71. The molecule has 29 heavy (non-hydrogen) atoms. The van der Waals surface area contributed by atoms with Crippen molar-refractivity contribution in [1.29, 1.82) is 0 Å². The maximum absolute atomic E-state index is 12.8. The van der Waals surface area contributed by atoms with Gasteiger partial charge in [0.15, 0.2) is 16.1 Å². The standard InChI is InChI=1S/C21H24N2O5S/c1-3-9-26-11-15-10-21(17(24)27-15)13-20(2,28-18(21)25)16-12-29-19(23-16)22-14-7-5-4-6-8-14/h4-8,12,15H,3,9-11,13H2,1-2H3,(H,22,23)/t15-,20+,21-/m1/s1. The van der Waals surface area contributed by atoms with E-state index in [1.807, 2.05) is 42.6 Å². The topological polar surface area (TPSA) is 86.8 Å². The summed E-state index contributed by atoms with van der Waals surface area (Å²) in [5.74, 6) is -1.05. The lowest BCUT2D eigenvalue weighted by atomic mass is 9.78. The highest BCUT2D eigenvalue weighted by atomic mass is 32.1. The first-order chi connectivity index (χ1) is 13.9. The lowest BCUT2D eigenvalue weighted by molar-refractivity contribution is -0.160. The first kappa shape index (κ1) is 19.8. The number of hydrogen-bond acceptors (Lipinski definition) is 8. The average Bonchev–Trinajstić information content (AvgIpc) is 3.35. The number of aromatic nitrogens is 1. The van der Waals surface area contributed by atoms with E-state index in [4.69, 9.17) is 14.2 Å². The van der Waals surface area contributed by atoms with E-state index in [1.54, 1.807) is 6.92 Å². The van der Waals surface area contributed by atoms with Crippen LogP contribution in [0.3, 0.4) is 0 Å². The molecule has 7 nitrogen and oxygen atoms in total. The molecule has 0 amide bonds. The molecule has 0 radical (unpaired) electrons. The Bertz CT molecular complexity index is 901. The molecular weight excluding hydrogens is 392 g/mol. The minimum atomic E-state index is -1.27. The monoisotopic (exact) mass is 416 g/mol. The molecule has 3 atom stereocenters. The molecule has 2 saturated heterocycles. The van der Waals surface area contributed by atoms with E-state index in [0.717, 1.165) is 12.1 Å². The fourth-order valence-electron chi connectivity index (χ4n) is 3.89. The lowest BCUT2D eigenvalue weighted by Crippen LogP contribution is -2.32. The summed E-state index contributed by atoms with van der Waals surface area (Å²) in [5.41, 5.74) is -0.689. The van der Waals surface area contributed by atoms with E-state index in [1.165, 1.54) is 11.3 Å². The molecule has 0 bridgehead atoms. The van der Waals surface area contributed by atoms with Gasteiger partial charge < -0.3 is 19.5 Å². The third-order valence-electron chi connectivity index (χ3n) is 5.31. The first-order valence-corrected chi connectivity index (χ1v) is 10.6. The minimum Gasteiger partial charge on any atom is -0.459 e. The van der Waals surface area contributed by atoms with Crippen LogP contribution in [0.2, 0.25) is 0 Å². The van der Waals surface area contributed by atoms with E-state index < -0.39 is 29.1 Å². The van der Waals surface area contributed by atoms with E-state index in [-0.39, 0.29) is 12.8 Å². The number of thiazole rings is 1. The van der Waals surface area contributed by atoms with E-state index >= 15 is 0 Å². The zero-order valence-electron chi connectivity index (χ0n) is 16.5. The average molecular weight is 416 g/mol. The van der Waals surface area contributed by atoms with E-state index in [2.05, 4.69) is 10.3 Å². The molecule has 0 aliphatic carbocycles. The number of carbonyl (C=O) groups is 2. The number of nitrogens with zero attached hydrogens (tertiary/aromatic N) is 1. The van der Waals surface area contributed by atoms with Crippen molar-refractivity contribution in [3.8, 4) is 0 Å². The van der Waals surface area contributed by atoms with Crippen LogP contribution in [0, 0.1) is 5.41 Å². The van der Waals surface area contributed by atoms with Crippen molar-refractivity contribution in [3.63, 3.8) is 0 Å². The Balaban J connectivity index is 1.49. The maximum Gasteiger partial charge on any atom is 0.324 e. The summed E-state index contributed by atoms with van der Waals surface area (Å²) < 4.78 is 16.7. The quantitative estimate of drug-likeness (QED) is 0.418. The van der Waals surface area contributed by atoms with Crippen molar-refractivity contribution in [1.82, 2.24) is 4.98 Å². The first-order valence-electron chi connectivity index (χ1n) is 9.75. The van der Waals surface area contributed by atoms with Crippen molar-refractivity contribution in [2.24, 2.45) is 5.41 Å². The van der Waals surface area contributed by atoms with Gasteiger partial charge in [-0.25, -0.2) is 4.98 Å². The Labute approximate surface area is 173 Å². The van der Waals surface area contributed by atoms with Gasteiger partial charge in [0.05, 0.1) is 12.3 Å². The molecule has 1 spiro atoms. The highest BCUT2D eigenvalue weighted by molar-refractivity contribution is 7.13. The van der Waals surface area contributed by atoms with Crippen LogP contribution >= 0.6 is 11.3 Å². The second kappa shape index (κ2) is 7.76. The van der Waals surface area contributed by atoms with Crippen molar-refractivity contribution in [3.05, 3.63) is 41.4 Å².